The van der Waals surface area contributed by atoms with Crippen LogP contribution in [-0.2, 0) is 11.3 Å². The molecular formula is C11H11FO3. The molecule has 4 heteroatoms. The molecule has 1 rings (SSSR count). The molecule has 0 saturated heterocycles. The molecule has 0 aliphatic carbocycles. The van der Waals surface area contributed by atoms with Crippen molar-refractivity contribution < 1.29 is 19.0 Å². The van der Waals surface area contributed by atoms with Crippen molar-refractivity contribution in [2.75, 3.05) is 6.61 Å². The highest BCUT2D eigenvalue weighted by molar-refractivity contribution is 5.89. The molecule has 0 atom stereocenters. The van der Waals surface area contributed by atoms with Crippen molar-refractivity contribution in [2.45, 2.75) is 6.61 Å². The van der Waals surface area contributed by atoms with Crippen molar-refractivity contribution in [3.63, 3.8) is 0 Å². The van der Waals surface area contributed by atoms with Crippen molar-refractivity contribution in [1.29, 1.82) is 0 Å². The van der Waals surface area contributed by atoms with E-state index in [0.717, 1.165) is 12.1 Å². The molecule has 80 valence electrons. The van der Waals surface area contributed by atoms with Gasteiger partial charge in [-0.2, -0.15) is 0 Å². The molecule has 1 aromatic carbocycles. The number of aromatic carboxylic acids is 1. The lowest BCUT2D eigenvalue weighted by molar-refractivity contribution is 0.0690. The fraction of sp³-hybridized carbons (Fsp3) is 0.182. The molecule has 0 aliphatic heterocycles. The fourth-order valence-electron chi connectivity index (χ4n) is 1.14. The van der Waals surface area contributed by atoms with E-state index in [0.29, 0.717) is 12.2 Å². The van der Waals surface area contributed by atoms with Gasteiger partial charge in [0.1, 0.15) is 5.82 Å². The van der Waals surface area contributed by atoms with Crippen LogP contribution in [0.15, 0.2) is 30.9 Å². The molecular weight excluding hydrogens is 199 g/mol. The van der Waals surface area contributed by atoms with Crippen LogP contribution in [0.25, 0.3) is 0 Å². The Morgan fingerprint density at radius 3 is 2.93 bits per heavy atom. The van der Waals surface area contributed by atoms with Crippen molar-refractivity contribution >= 4 is 5.97 Å². The molecule has 1 aromatic rings. The van der Waals surface area contributed by atoms with E-state index in [-0.39, 0.29) is 12.2 Å². The first-order valence-electron chi connectivity index (χ1n) is 4.35. The number of hydrogen-bond donors (Lipinski definition) is 1. The lowest BCUT2D eigenvalue weighted by Crippen LogP contribution is -2.04. The smallest absolute Gasteiger partial charge is 0.336 e. The van der Waals surface area contributed by atoms with E-state index in [2.05, 4.69) is 6.58 Å². The summed E-state index contributed by atoms with van der Waals surface area (Å²) < 4.78 is 17.9. The second-order valence-electron chi connectivity index (χ2n) is 2.91. The number of halogens is 1. The second kappa shape index (κ2) is 5.26. The molecule has 0 saturated carbocycles. The molecule has 1 N–H and O–H groups in total. The van der Waals surface area contributed by atoms with E-state index < -0.39 is 11.8 Å². The Hall–Kier alpha value is -1.68. The molecule has 3 nitrogen and oxygen atoms in total. The first-order chi connectivity index (χ1) is 7.15. The molecule has 0 bridgehead atoms. The fourth-order valence-corrected chi connectivity index (χ4v) is 1.14. The first kappa shape index (κ1) is 11.4. The van der Waals surface area contributed by atoms with Gasteiger partial charge in [-0.05, 0) is 23.8 Å². The Labute approximate surface area is 86.8 Å². The van der Waals surface area contributed by atoms with E-state index in [1.807, 2.05) is 0 Å². The van der Waals surface area contributed by atoms with Crippen LogP contribution in [0.2, 0.25) is 0 Å². The third-order valence-corrected chi connectivity index (χ3v) is 1.79. The SMILES string of the molecule is C=CCOCc1cc(F)ccc1C(=O)O. The molecule has 15 heavy (non-hydrogen) atoms. The Bertz CT molecular complexity index is 374. The first-order valence-corrected chi connectivity index (χ1v) is 4.35. The monoisotopic (exact) mass is 210 g/mol. The topological polar surface area (TPSA) is 46.5 Å². The highest BCUT2D eigenvalue weighted by Gasteiger charge is 2.10. The van der Waals surface area contributed by atoms with E-state index in [9.17, 15) is 9.18 Å². The summed E-state index contributed by atoms with van der Waals surface area (Å²) in [6.45, 7) is 3.81. The average Bonchev–Trinajstić information content (AvgIpc) is 2.18. The maximum atomic E-state index is 12.9. The Kier molecular flexibility index (Phi) is 4.00. The third kappa shape index (κ3) is 3.18. The van der Waals surface area contributed by atoms with Crippen LogP contribution in [0, 0.1) is 5.82 Å². The predicted molar refractivity (Wildman–Crippen MR) is 53.2 cm³/mol. The number of ether oxygens (including phenoxy) is 1. The maximum Gasteiger partial charge on any atom is 0.336 e. The third-order valence-electron chi connectivity index (χ3n) is 1.79. The average molecular weight is 210 g/mol. The zero-order chi connectivity index (χ0) is 11.3. The van der Waals surface area contributed by atoms with Crippen LogP contribution in [0.3, 0.4) is 0 Å². The zero-order valence-electron chi connectivity index (χ0n) is 8.07. The Balaban J connectivity index is 2.86. The van der Waals surface area contributed by atoms with Crippen molar-refractivity contribution in [2.24, 2.45) is 0 Å². The van der Waals surface area contributed by atoms with Crippen molar-refractivity contribution in [3.05, 3.63) is 47.8 Å². The minimum absolute atomic E-state index is 0.0560. The number of carboxylic acids is 1. The van der Waals surface area contributed by atoms with E-state index in [4.69, 9.17) is 9.84 Å². The summed E-state index contributed by atoms with van der Waals surface area (Å²) in [6, 6.07) is 3.50. The minimum atomic E-state index is -1.09. The van der Waals surface area contributed by atoms with Crippen LogP contribution < -0.4 is 0 Å². The standard InChI is InChI=1S/C11H11FO3/c1-2-5-15-7-8-6-9(12)3-4-10(8)11(13)14/h2-4,6H,1,5,7H2,(H,13,14). The predicted octanol–water partition coefficient (Wildman–Crippen LogP) is 2.23. The molecule has 0 fully saturated rings. The van der Waals surface area contributed by atoms with Crippen LogP contribution in [-0.4, -0.2) is 17.7 Å². The number of carbonyl (C=O) groups is 1. The highest BCUT2D eigenvalue weighted by atomic mass is 19.1. The van der Waals surface area contributed by atoms with Gasteiger partial charge >= 0.3 is 5.97 Å². The lowest BCUT2D eigenvalue weighted by atomic mass is 10.1. The molecule has 0 heterocycles. The van der Waals surface area contributed by atoms with Gasteiger partial charge in [0.2, 0.25) is 0 Å². The summed E-state index contributed by atoms with van der Waals surface area (Å²) in [5.74, 6) is -1.57. The van der Waals surface area contributed by atoms with Crippen LogP contribution in [0.4, 0.5) is 4.39 Å². The quantitative estimate of drug-likeness (QED) is 0.598. The van der Waals surface area contributed by atoms with E-state index in [1.165, 1.54) is 6.07 Å². The second-order valence-corrected chi connectivity index (χ2v) is 2.91. The molecule has 0 aliphatic rings. The minimum Gasteiger partial charge on any atom is -0.478 e. The van der Waals surface area contributed by atoms with Gasteiger partial charge in [0.15, 0.2) is 0 Å². The molecule has 0 radical (unpaired) electrons. The van der Waals surface area contributed by atoms with Gasteiger partial charge in [0.25, 0.3) is 0 Å². The number of hydrogen-bond acceptors (Lipinski definition) is 2. The highest BCUT2D eigenvalue weighted by Crippen LogP contribution is 2.12. The van der Waals surface area contributed by atoms with Gasteiger partial charge in [-0.1, -0.05) is 6.08 Å². The van der Waals surface area contributed by atoms with Crippen LogP contribution >= 0.6 is 0 Å². The lowest BCUT2D eigenvalue weighted by Gasteiger charge is -2.05. The summed E-state index contributed by atoms with van der Waals surface area (Å²) in [5, 5.41) is 8.81. The number of benzene rings is 1. The summed E-state index contributed by atoms with van der Waals surface area (Å²) in [7, 11) is 0. The molecule has 0 aromatic heterocycles. The van der Waals surface area contributed by atoms with Crippen LogP contribution in [0.1, 0.15) is 15.9 Å². The van der Waals surface area contributed by atoms with Gasteiger partial charge in [0, 0.05) is 0 Å². The van der Waals surface area contributed by atoms with E-state index in [1.54, 1.807) is 6.08 Å². The summed E-state index contributed by atoms with van der Waals surface area (Å²) >= 11 is 0. The van der Waals surface area contributed by atoms with E-state index >= 15 is 0 Å². The Morgan fingerprint density at radius 1 is 1.60 bits per heavy atom. The molecule has 0 unspecified atom stereocenters. The number of rotatable bonds is 5. The summed E-state index contributed by atoms with van der Waals surface area (Å²) in [6.07, 6.45) is 1.54. The summed E-state index contributed by atoms with van der Waals surface area (Å²) in [5.41, 5.74) is 0.379. The number of carboxylic acid groups (broad SMARTS) is 1. The van der Waals surface area contributed by atoms with Crippen LogP contribution in [0.5, 0.6) is 0 Å². The molecule has 0 spiro atoms. The Morgan fingerprint density at radius 2 is 2.33 bits per heavy atom. The molecule has 0 amide bonds. The van der Waals surface area contributed by atoms with Gasteiger partial charge in [-0.3, -0.25) is 0 Å². The largest absolute Gasteiger partial charge is 0.478 e. The maximum absolute atomic E-state index is 12.9. The summed E-state index contributed by atoms with van der Waals surface area (Å²) in [4.78, 5) is 10.8. The van der Waals surface area contributed by atoms with Crippen molar-refractivity contribution in [1.82, 2.24) is 0 Å². The normalized spacial score (nSPS) is 9.93. The van der Waals surface area contributed by atoms with Gasteiger partial charge in [-0.25, -0.2) is 9.18 Å². The van der Waals surface area contributed by atoms with Gasteiger partial charge in [-0.15, -0.1) is 6.58 Å². The zero-order valence-corrected chi connectivity index (χ0v) is 8.07. The van der Waals surface area contributed by atoms with Gasteiger partial charge < -0.3 is 9.84 Å². The van der Waals surface area contributed by atoms with Crippen molar-refractivity contribution in [3.8, 4) is 0 Å². The van der Waals surface area contributed by atoms with Gasteiger partial charge in [0.05, 0.1) is 18.8 Å².